The van der Waals surface area contributed by atoms with Gasteiger partial charge in [-0.05, 0) is 0 Å². The maximum absolute atomic E-state index is 2.76. The average molecular weight is 346 g/mol. The Morgan fingerprint density at radius 3 is 1.38 bits per heavy atom. The molecule has 0 saturated carbocycles. The number of likely N-dealkylation sites (tertiary alicyclic amines) is 2. The van der Waals surface area contributed by atoms with Crippen LogP contribution >= 0.6 is 0 Å². The van der Waals surface area contributed by atoms with Crippen molar-refractivity contribution in [1.82, 2.24) is 9.80 Å². The Hall–Kier alpha value is 0.543. The van der Waals surface area contributed by atoms with Crippen LogP contribution in [0.15, 0.2) is 0 Å². The molecule has 0 aliphatic carbocycles. The molecule has 0 radical (unpaired) electrons. The van der Waals surface area contributed by atoms with Crippen molar-refractivity contribution in [3.63, 3.8) is 0 Å². The third-order valence-corrected chi connectivity index (χ3v) is 14.0. The van der Waals surface area contributed by atoms with E-state index >= 15 is 0 Å². The number of rotatable bonds is 2. The van der Waals surface area contributed by atoms with E-state index in [1.165, 1.54) is 25.7 Å². The molecule has 120 valence electrons. The normalized spacial score (nSPS) is 40.8. The van der Waals surface area contributed by atoms with E-state index in [0.29, 0.717) is 11.1 Å². The molecule has 2 heterocycles. The number of piperidine rings is 2. The third-order valence-electron chi connectivity index (χ3n) is 7.74. The van der Waals surface area contributed by atoms with E-state index in [9.17, 15) is 0 Å². The third kappa shape index (κ3) is 3.26. The van der Waals surface area contributed by atoms with Crippen molar-refractivity contribution in [3.8, 4) is 0 Å². The van der Waals surface area contributed by atoms with Crippen LogP contribution in [0.1, 0.15) is 67.2 Å². The second-order valence-electron chi connectivity index (χ2n) is 9.03. The summed E-state index contributed by atoms with van der Waals surface area (Å²) in [5, 5.41) is 0. The Morgan fingerprint density at radius 1 is 0.714 bits per heavy atom. The standard InChI is InChI=1S/2C9H18N.Zn/c2*1-8-6-5-7-10(4)9(8,2)3;/h2*7-8H,5-6H2,1-4H3;. The van der Waals surface area contributed by atoms with Gasteiger partial charge in [-0.3, -0.25) is 0 Å². The number of hydrogen-bond donors (Lipinski definition) is 0. The Labute approximate surface area is 140 Å². The fraction of sp³-hybridized carbons (Fsp3) is 1.00. The van der Waals surface area contributed by atoms with E-state index in [4.69, 9.17) is 0 Å². The van der Waals surface area contributed by atoms with Gasteiger partial charge in [0.05, 0.1) is 0 Å². The summed E-state index contributed by atoms with van der Waals surface area (Å²) in [4.78, 5) is 5.53. The zero-order valence-corrected chi connectivity index (χ0v) is 18.7. The van der Waals surface area contributed by atoms with Gasteiger partial charge >= 0.3 is 140 Å². The molecule has 4 unspecified atom stereocenters. The molecule has 0 amide bonds. The Bertz CT molecular complexity index is 332. The van der Waals surface area contributed by atoms with Crippen LogP contribution in [-0.4, -0.2) is 44.2 Å². The van der Waals surface area contributed by atoms with Gasteiger partial charge in [0, 0.05) is 0 Å². The monoisotopic (exact) mass is 344 g/mol. The van der Waals surface area contributed by atoms with Crippen LogP contribution in [0.5, 0.6) is 0 Å². The molecule has 2 aliphatic heterocycles. The predicted octanol–water partition coefficient (Wildman–Crippen LogP) is 4.00. The van der Waals surface area contributed by atoms with Crippen LogP contribution in [0.3, 0.4) is 0 Å². The summed E-state index contributed by atoms with van der Waals surface area (Å²) in [7, 11) is 4.81. The fourth-order valence-corrected chi connectivity index (χ4v) is 11.1. The van der Waals surface area contributed by atoms with E-state index in [1.54, 1.807) is 0 Å². The van der Waals surface area contributed by atoms with Crippen LogP contribution in [-0.2, 0) is 17.1 Å². The van der Waals surface area contributed by atoms with Crippen LogP contribution < -0.4 is 0 Å². The molecule has 4 atom stereocenters. The van der Waals surface area contributed by atoms with Gasteiger partial charge < -0.3 is 0 Å². The average Bonchev–Trinajstić information content (AvgIpc) is 2.41. The van der Waals surface area contributed by atoms with Gasteiger partial charge in [-0.25, -0.2) is 0 Å². The summed E-state index contributed by atoms with van der Waals surface area (Å²) >= 11 is -0.615. The summed E-state index contributed by atoms with van der Waals surface area (Å²) in [6.45, 7) is 14.7. The van der Waals surface area contributed by atoms with Gasteiger partial charge in [0.2, 0.25) is 0 Å². The summed E-state index contributed by atoms with van der Waals surface area (Å²) in [5.74, 6) is 1.67. The van der Waals surface area contributed by atoms with Crippen LogP contribution in [0.25, 0.3) is 0 Å². The number of nitrogens with zero attached hydrogens (tertiary/aromatic N) is 2. The first kappa shape index (κ1) is 17.9. The summed E-state index contributed by atoms with van der Waals surface area (Å²) in [6, 6.07) is 0. The van der Waals surface area contributed by atoms with Gasteiger partial charge in [0.25, 0.3) is 0 Å². The minimum atomic E-state index is -0.615. The zero-order valence-electron chi connectivity index (χ0n) is 15.7. The molecule has 0 aromatic carbocycles. The van der Waals surface area contributed by atoms with Crippen molar-refractivity contribution < 1.29 is 17.1 Å². The van der Waals surface area contributed by atoms with Gasteiger partial charge in [-0.1, -0.05) is 0 Å². The second kappa shape index (κ2) is 6.21. The molecule has 3 heteroatoms. The molecule has 2 rings (SSSR count). The molecule has 0 aromatic heterocycles. The van der Waals surface area contributed by atoms with Crippen LogP contribution in [0.2, 0.25) is 0 Å². The molecular formula is C18H36N2Zn. The number of hydrogen-bond acceptors (Lipinski definition) is 2. The molecule has 2 fully saturated rings. The van der Waals surface area contributed by atoms with Crippen molar-refractivity contribution in [2.24, 2.45) is 11.8 Å². The van der Waals surface area contributed by atoms with Gasteiger partial charge in [-0.15, -0.1) is 0 Å². The first-order valence-electron chi connectivity index (χ1n) is 9.04. The summed E-state index contributed by atoms with van der Waals surface area (Å²) in [5.41, 5.74) is 0.786. The van der Waals surface area contributed by atoms with Crippen molar-refractivity contribution in [2.45, 2.75) is 87.6 Å². The second-order valence-corrected chi connectivity index (χ2v) is 14.0. The summed E-state index contributed by atoms with van der Waals surface area (Å²) < 4.78 is 1.89. The Kier molecular flexibility index (Phi) is 5.29. The fourth-order valence-electron chi connectivity index (χ4n) is 4.48. The van der Waals surface area contributed by atoms with Gasteiger partial charge in [0.1, 0.15) is 0 Å². The minimum absolute atomic E-state index is 0.393. The Morgan fingerprint density at radius 2 is 1.05 bits per heavy atom. The van der Waals surface area contributed by atoms with Crippen molar-refractivity contribution in [2.75, 3.05) is 14.1 Å². The molecule has 21 heavy (non-hydrogen) atoms. The van der Waals surface area contributed by atoms with E-state index in [2.05, 4.69) is 65.4 Å². The molecular weight excluding hydrogens is 310 g/mol. The molecule has 2 aliphatic rings. The van der Waals surface area contributed by atoms with E-state index in [-0.39, 0.29) is 0 Å². The zero-order chi connectivity index (χ0) is 16.0. The van der Waals surface area contributed by atoms with Gasteiger partial charge in [0.15, 0.2) is 0 Å². The topological polar surface area (TPSA) is 6.48 Å². The van der Waals surface area contributed by atoms with E-state index in [0.717, 1.165) is 21.1 Å². The van der Waals surface area contributed by atoms with Crippen LogP contribution in [0, 0.1) is 11.8 Å². The first-order valence-corrected chi connectivity index (χ1v) is 12.5. The van der Waals surface area contributed by atoms with Crippen LogP contribution in [0.4, 0.5) is 0 Å². The molecule has 2 nitrogen and oxygen atoms in total. The molecule has 2 saturated heterocycles. The molecule has 0 aromatic rings. The molecule has 0 N–H and O–H groups in total. The van der Waals surface area contributed by atoms with Crippen molar-refractivity contribution in [1.29, 1.82) is 0 Å². The quantitative estimate of drug-likeness (QED) is 0.698. The van der Waals surface area contributed by atoms with Gasteiger partial charge in [-0.2, -0.15) is 0 Å². The maximum atomic E-state index is 2.76. The van der Waals surface area contributed by atoms with Crippen molar-refractivity contribution in [3.05, 3.63) is 0 Å². The molecule has 0 bridgehead atoms. The van der Waals surface area contributed by atoms with E-state index < -0.39 is 17.1 Å². The first-order chi connectivity index (χ1) is 9.58. The molecule has 0 spiro atoms. The van der Waals surface area contributed by atoms with Crippen molar-refractivity contribution >= 4 is 0 Å². The predicted molar refractivity (Wildman–Crippen MR) is 88.1 cm³/mol. The Balaban J connectivity index is 2.05. The van der Waals surface area contributed by atoms with E-state index in [1.807, 2.05) is 0 Å². The SMILES string of the molecule is CC1CC[CH]([Zn][CH]2CCC(C)C(C)(C)N2C)N(C)C1(C)C. The summed E-state index contributed by atoms with van der Waals surface area (Å²) in [6.07, 6.45) is 5.79.